The molecule has 0 bridgehead atoms. The van der Waals surface area contributed by atoms with Crippen LogP contribution in [0.5, 0.6) is 5.75 Å². The number of anilines is 1. The molecule has 33 heavy (non-hydrogen) atoms. The Labute approximate surface area is 192 Å². The average molecular weight is 481 g/mol. The summed E-state index contributed by atoms with van der Waals surface area (Å²) >= 11 is 1.36. The molecule has 0 radical (unpaired) electrons. The molecular weight excluding hydrogens is 457 g/mol. The highest BCUT2D eigenvalue weighted by molar-refractivity contribution is 7.98. The van der Waals surface area contributed by atoms with E-state index >= 15 is 0 Å². The Hall–Kier alpha value is -2.95. The van der Waals surface area contributed by atoms with E-state index in [9.17, 15) is 23.1 Å². The van der Waals surface area contributed by atoms with Crippen LogP contribution < -0.4 is 10.7 Å². The van der Waals surface area contributed by atoms with Gasteiger partial charge in [0.2, 0.25) is 5.43 Å². The van der Waals surface area contributed by atoms with E-state index in [1.54, 1.807) is 6.07 Å². The lowest BCUT2D eigenvalue weighted by Gasteiger charge is -2.25. The summed E-state index contributed by atoms with van der Waals surface area (Å²) in [6, 6.07) is 6.49. The van der Waals surface area contributed by atoms with Gasteiger partial charge in [0, 0.05) is 17.8 Å². The highest BCUT2D eigenvalue weighted by Crippen LogP contribution is 2.34. The van der Waals surface area contributed by atoms with Gasteiger partial charge >= 0.3 is 6.18 Å². The normalized spacial score (nSPS) is 15.0. The summed E-state index contributed by atoms with van der Waals surface area (Å²) in [6.07, 6.45) is 1.87. The number of nitrogens with zero attached hydrogens (tertiary/aromatic N) is 3. The first-order valence-electron chi connectivity index (χ1n) is 10.6. The van der Waals surface area contributed by atoms with Gasteiger partial charge in [0.05, 0.1) is 17.9 Å². The molecule has 7 nitrogen and oxygen atoms in total. The number of aromatic nitrogens is 3. The van der Waals surface area contributed by atoms with Crippen molar-refractivity contribution in [1.82, 2.24) is 14.8 Å². The molecule has 1 fully saturated rings. The number of halogens is 3. The molecule has 1 aliphatic carbocycles. The highest BCUT2D eigenvalue weighted by atomic mass is 32.2. The zero-order chi connectivity index (χ0) is 23.4. The number of aromatic hydroxyl groups is 1. The van der Waals surface area contributed by atoms with E-state index < -0.39 is 22.9 Å². The van der Waals surface area contributed by atoms with Gasteiger partial charge in [-0.15, -0.1) is 10.2 Å². The van der Waals surface area contributed by atoms with Gasteiger partial charge in [-0.1, -0.05) is 37.1 Å². The van der Waals surface area contributed by atoms with Gasteiger partial charge in [-0.25, -0.2) is 0 Å². The maximum Gasteiger partial charge on any atom is 0.416 e. The molecule has 176 valence electrons. The van der Waals surface area contributed by atoms with Crippen molar-refractivity contribution < 1.29 is 22.7 Å². The fourth-order valence-electron chi connectivity index (χ4n) is 3.87. The maximum absolute atomic E-state index is 13.0. The van der Waals surface area contributed by atoms with Crippen LogP contribution in [0.4, 0.5) is 18.9 Å². The smallest absolute Gasteiger partial charge is 0.416 e. The first-order chi connectivity index (χ1) is 15.8. The van der Waals surface area contributed by atoms with Crippen molar-refractivity contribution in [3.8, 4) is 5.75 Å². The molecule has 1 aromatic carbocycles. The molecule has 0 aliphatic heterocycles. The number of alkyl halides is 3. The number of thioether (sulfide) groups is 1. The fourth-order valence-corrected chi connectivity index (χ4v) is 4.79. The average Bonchev–Trinajstić information content (AvgIpc) is 3.21. The summed E-state index contributed by atoms with van der Waals surface area (Å²) < 4.78 is 46.4. The summed E-state index contributed by atoms with van der Waals surface area (Å²) in [4.78, 5) is 11.6. The van der Waals surface area contributed by atoms with Crippen LogP contribution in [-0.2, 0) is 18.5 Å². The molecule has 0 spiro atoms. The molecule has 1 saturated carbocycles. The van der Waals surface area contributed by atoms with Crippen molar-refractivity contribution in [3.05, 3.63) is 64.0 Å². The maximum atomic E-state index is 13.0. The van der Waals surface area contributed by atoms with Crippen LogP contribution in [0.15, 0.2) is 51.0 Å². The Bertz CT molecular complexity index is 1160. The van der Waals surface area contributed by atoms with Crippen molar-refractivity contribution in [2.24, 2.45) is 0 Å². The van der Waals surface area contributed by atoms with Gasteiger partial charge in [-0.2, -0.15) is 13.2 Å². The van der Waals surface area contributed by atoms with E-state index in [1.165, 1.54) is 23.9 Å². The van der Waals surface area contributed by atoms with Gasteiger partial charge in [0.15, 0.2) is 16.7 Å². The highest BCUT2D eigenvalue weighted by Gasteiger charge is 2.30. The Morgan fingerprint density at radius 2 is 1.97 bits per heavy atom. The minimum absolute atomic E-state index is 0.196. The Balaban J connectivity index is 1.53. The molecule has 3 aromatic rings. The lowest BCUT2D eigenvalue weighted by Crippen LogP contribution is -2.18. The van der Waals surface area contributed by atoms with Crippen LogP contribution in [0.3, 0.4) is 0 Å². The van der Waals surface area contributed by atoms with Gasteiger partial charge in [-0.05, 0) is 31.0 Å². The van der Waals surface area contributed by atoms with Crippen molar-refractivity contribution in [3.63, 3.8) is 0 Å². The molecule has 4 rings (SSSR count). The zero-order valence-corrected chi connectivity index (χ0v) is 18.5. The van der Waals surface area contributed by atoms with E-state index in [0.29, 0.717) is 28.2 Å². The lowest BCUT2D eigenvalue weighted by molar-refractivity contribution is -0.137. The van der Waals surface area contributed by atoms with E-state index in [2.05, 4.69) is 15.5 Å². The van der Waals surface area contributed by atoms with E-state index in [-0.39, 0.29) is 12.6 Å². The Kier molecular flexibility index (Phi) is 6.96. The molecule has 2 N–H and O–H groups in total. The third kappa shape index (κ3) is 5.70. The summed E-state index contributed by atoms with van der Waals surface area (Å²) in [5.74, 6) is 0.900. The molecule has 11 heteroatoms. The van der Waals surface area contributed by atoms with Crippen LogP contribution in [0, 0.1) is 0 Å². The second-order valence-electron chi connectivity index (χ2n) is 7.88. The topological polar surface area (TPSA) is 93.2 Å². The van der Waals surface area contributed by atoms with Gasteiger partial charge in [-0.3, -0.25) is 4.79 Å². The van der Waals surface area contributed by atoms with Crippen molar-refractivity contribution in [2.45, 2.75) is 61.8 Å². The second kappa shape index (κ2) is 9.90. The van der Waals surface area contributed by atoms with E-state index in [4.69, 9.17) is 4.42 Å². The molecule has 2 aromatic heterocycles. The van der Waals surface area contributed by atoms with Crippen LogP contribution in [0.25, 0.3) is 0 Å². The number of nitrogens with one attached hydrogen (secondary N) is 1. The summed E-state index contributed by atoms with van der Waals surface area (Å²) in [5, 5.41) is 21.6. The molecule has 0 amide bonds. The monoisotopic (exact) mass is 480 g/mol. The molecule has 0 unspecified atom stereocenters. The third-order valence-electron chi connectivity index (χ3n) is 5.53. The predicted molar refractivity (Wildman–Crippen MR) is 117 cm³/mol. The van der Waals surface area contributed by atoms with Crippen molar-refractivity contribution >= 4 is 17.4 Å². The molecule has 0 atom stereocenters. The van der Waals surface area contributed by atoms with Gasteiger partial charge in [0.1, 0.15) is 12.0 Å². The summed E-state index contributed by atoms with van der Waals surface area (Å²) in [5.41, 5.74) is -0.882. The first kappa shape index (κ1) is 23.2. The third-order valence-corrected chi connectivity index (χ3v) is 6.49. The number of benzene rings is 1. The van der Waals surface area contributed by atoms with Gasteiger partial charge < -0.3 is 19.4 Å². The number of rotatable bonds is 7. The molecule has 0 saturated heterocycles. The summed E-state index contributed by atoms with van der Waals surface area (Å²) in [7, 11) is 0. The quantitative estimate of drug-likeness (QED) is 0.440. The minimum atomic E-state index is -4.41. The van der Waals surface area contributed by atoms with Crippen molar-refractivity contribution in [2.75, 3.05) is 5.32 Å². The first-order valence-corrected chi connectivity index (χ1v) is 11.6. The van der Waals surface area contributed by atoms with Crippen LogP contribution >= 0.6 is 11.8 Å². The number of hydrogen-bond acceptors (Lipinski definition) is 7. The largest absolute Gasteiger partial charge is 0.502 e. The van der Waals surface area contributed by atoms with Gasteiger partial charge in [0.25, 0.3) is 0 Å². The minimum Gasteiger partial charge on any atom is -0.502 e. The fraction of sp³-hybridized carbons (Fsp3) is 0.409. The van der Waals surface area contributed by atoms with Crippen molar-refractivity contribution in [1.29, 1.82) is 0 Å². The van der Waals surface area contributed by atoms with E-state index in [1.807, 2.05) is 4.57 Å². The van der Waals surface area contributed by atoms with Crippen LogP contribution in [-0.4, -0.2) is 19.9 Å². The molecular formula is C22H23F3N4O3S. The lowest BCUT2D eigenvalue weighted by atomic mass is 9.95. The number of hydrogen-bond donors (Lipinski definition) is 2. The summed E-state index contributed by atoms with van der Waals surface area (Å²) in [6.45, 7) is 0.222. The predicted octanol–water partition coefficient (Wildman–Crippen LogP) is 5.37. The second-order valence-corrected chi connectivity index (χ2v) is 8.82. The standard InChI is InChI=1S/C22H23F3N4O3S/c23-22(24,25)14-5-4-6-15(9-14)26-11-20-27-28-21(29(20)16-7-2-1-3-8-16)33-13-17-10-18(30)19(31)12-32-17/h4-6,9-10,12,16,26,31H,1-3,7-8,11,13H2. The molecule has 1 aliphatic rings. The Morgan fingerprint density at radius 3 is 2.70 bits per heavy atom. The van der Waals surface area contributed by atoms with Crippen LogP contribution in [0.2, 0.25) is 0 Å². The molecule has 2 heterocycles. The Morgan fingerprint density at radius 1 is 1.18 bits per heavy atom. The zero-order valence-electron chi connectivity index (χ0n) is 17.6. The van der Waals surface area contributed by atoms with Crippen LogP contribution in [0.1, 0.15) is 55.3 Å². The SMILES string of the molecule is O=c1cc(CSc2nnc(CNc3cccc(C(F)(F)F)c3)n2C2CCCCC2)occ1O. The van der Waals surface area contributed by atoms with E-state index in [0.717, 1.165) is 50.5 Å².